The molecule has 0 radical (unpaired) electrons. The third-order valence-electron chi connectivity index (χ3n) is 6.56. The van der Waals surface area contributed by atoms with Crippen molar-refractivity contribution in [2.45, 2.75) is 90.4 Å². The molecule has 4 atom stereocenters. The van der Waals surface area contributed by atoms with Gasteiger partial charge in [0.25, 0.3) is 0 Å². The molecule has 2 fully saturated rings. The lowest BCUT2D eigenvalue weighted by Gasteiger charge is -2.30. The second-order valence-electron chi connectivity index (χ2n) is 8.50. The summed E-state index contributed by atoms with van der Waals surface area (Å²) in [5.74, 6) is 2.68. The zero-order chi connectivity index (χ0) is 18.6. The van der Waals surface area contributed by atoms with Crippen LogP contribution in [0.2, 0.25) is 0 Å². The van der Waals surface area contributed by atoms with Gasteiger partial charge < -0.3 is 9.84 Å². The van der Waals surface area contributed by atoms with E-state index in [1.54, 1.807) is 0 Å². The molecule has 0 amide bonds. The molecule has 0 aliphatic heterocycles. The first kappa shape index (κ1) is 21.5. The fraction of sp³-hybridized carbons (Fsp3) is 0.870. The number of fused-ring (bicyclic) bond motifs is 2. The summed E-state index contributed by atoms with van der Waals surface area (Å²) in [6, 6.07) is 0. The molecule has 150 valence electrons. The number of allylic oxidation sites excluding steroid dienone is 2. The molecular formula is C23H40O3. The maximum atomic E-state index is 10.5. The Kier molecular flexibility index (Phi) is 10.4. The van der Waals surface area contributed by atoms with E-state index in [0.717, 1.165) is 49.7 Å². The van der Waals surface area contributed by atoms with Crippen molar-refractivity contribution in [3.63, 3.8) is 0 Å². The minimum absolute atomic E-state index is 0.285. The lowest BCUT2D eigenvalue weighted by Crippen LogP contribution is -2.26. The first-order chi connectivity index (χ1) is 12.7. The van der Waals surface area contributed by atoms with E-state index in [2.05, 4.69) is 19.1 Å². The van der Waals surface area contributed by atoms with Crippen molar-refractivity contribution in [2.75, 3.05) is 13.2 Å². The van der Waals surface area contributed by atoms with Gasteiger partial charge in [0.05, 0.1) is 0 Å². The summed E-state index contributed by atoms with van der Waals surface area (Å²) in [6.07, 6.45) is 19.8. The van der Waals surface area contributed by atoms with Gasteiger partial charge in [-0.1, -0.05) is 51.2 Å². The Morgan fingerprint density at radius 1 is 1.00 bits per heavy atom. The monoisotopic (exact) mass is 364 g/mol. The van der Waals surface area contributed by atoms with E-state index in [0.29, 0.717) is 0 Å². The van der Waals surface area contributed by atoms with E-state index in [1.807, 2.05) is 0 Å². The van der Waals surface area contributed by atoms with Crippen molar-refractivity contribution in [1.29, 1.82) is 0 Å². The van der Waals surface area contributed by atoms with Crippen molar-refractivity contribution in [1.82, 2.24) is 0 Å². The van der Waals surface area contributed by atoms with Crippen LogP contribution in [-0.4, -0.2) is 24.3 Å². The van der Waals surface area contributed by atoms with E-state index >= 15 is 0 Å². The number of hydrogen-bond acceptors (Lipinski definition) is 2. The molecular weight excluding hydrogens is 324 g/mol. The first-order valence-corrected chi connectivity index (χ1v) is 11.2. The Morgan fingerprint density at radius 2 is 1.73 bits per heavy atom. The van der Waals surface area contributed by atoms with E-state index in [9.17, 15) is 4.79 Å². The summed E-state index contributed by atoms with van der Waals surface area (Å²) in [5.41, 5.74) is 0. The number of aliphatic carboxylic acids is 1. The van der Waals surface area contributed by atoms with Crippen molar-refractivity contribution in [3.8, 4) is 0 Å². The van der Waals surface area contributed by atoms with Crippen LogP contribution in [-0.2, 0) is 9.53 Å². The summed E-state index contributed by atoms with van der Waals surface area (Å²) in [4.78, 5) is 10.5. The molecule has 0 unspecified atom stereocenters. The minimum Gasteiger partial charge on any atom is -0.481 e. The SMILES string of the molecule is CCCCCCCCOC[C@@H]1[C@@H]2CC[C@@H](C2)[C@@H]1C/C=C\CCCC(=O)O. The van der Waals surface area contributed by atoms with Crippen LogP contribution in [0.25, 0.3) is 0 Å². The zero-order valence-corrected chi connectivity index (χ0v) is 16.8. The number of carboxylic acids is 1. The molecule has 2 aliphatic carbocycles. The maximum Gasteiger partial charge on any atom is 0.303 e. The molecule has 0 aromatic rings. The lowest BCUT2D eigenvalue weighted by atomic mass is 9.78. The molecule has 2 rings (SSSR count). The van der Waals surface area contributed by atoms with Crippen LogP contribution < -0.4 is 0 Å². The smallest absolute Gasteiger partial charge is 0.303 e. The standard InChI is InChI=1S/C23H40O3/c1-2-3-4-5-8-11-16-26-18-22-20-15-14-19(17-20)21(22)12-9-6-7-10-13-23(24)25/h6,9,19-22H,2-5,7-8,10-18H2,1H3,(H,24,25)/b9-6-/t19-,20+,21-,22+/m0/s1. The highest BCUT2D eigenvalue weighted by Gasteiger charge is 2.46. The molecule has 3 heteroatoms. The summed E-state index contributed by atoms with van der Waals surface area (Å²) >= 11 is 0. The van der Waals surface area contributed by atoms with Crippen LogP contribution in [0.4, 0.5) is 0 Å². The number of unbranched alkanes of at least 4 members (excludes halogenated alkanes) is 6. The van der Waals surface area contributed by atoms with Crippen molar-refractivity contribution >= 4 is 5.97 Å². The van der Waals surface area contributed by atoms with E-state index in [1.165, 1.54) is 64.2 Å². The molecule has 3 nitrogen and oxygen atoms in total. The first-order valence-electron chi connectivity index (χ1n) is 11.2. The van der Waals surface area contributed by atoms with Gasteiger partial charge in [-0.25, -0.2) is 0 Å². The number of hydrogen-bond donors (Lipinski definition) is 1. The van der Waals surface area contributed by atoms with Crippen LogP contribution in [0.3, 0.4) is 0 Å². The van der Waals surface area contributed by atoms with Crippen molar-refractivity contribution in [3.05, 3.63) is 12.2 Å². The van der Waals surface area contributed by atoms with Gasteiger partial charge in [0, 0.05) is 19.6 Å². The highest BCUT2D eigenvalue weighted by atomic mass is 16.5. The number of carbonyl (C=O) groups is 1. The molecule has 0 saturated heterocycles. The Balaban J connectivity index is 1.60. The molecule has 0 spiro atoms. The van der Waals surface area contributed by atoms with Crippen molar-refractivity contribution < 1.29 is 14.6 Å². The highest BCUT2D eigenvalue weighted by molar-refractivity contribution is 5.66. The molecule has 2 aliphatic rings. The largest absolute Gasteiger partial charge is 0.481 e. The molecule has 0 aromatic carbocycles. The number of ether oxygens (including phenoxy) is 1. The number of rotatable bonds is 15. The number of carboxylic acid groups (broad SMARTS) is 1. The van der Waals surface area contributed by atoms with Gasteiger partial charge in [-0.3, -0.25) is 4.79 Å². The summed E-state index contributed by atoms with van der Waals surface area (Å²) in [5, 5.41) is 8.69. The second kappa shape index (κ2) is 12.5. The quantitative estimate of drug-likeness (QED) is 0.277. The average molecular weight is 365 g/mol. The third-order valence-corrected chi connectivity index (χ3v) is 6.56. The van der Waals surface area contributed by atoms with Gasteiger partial charge in [0.1, 0.15) is 0 Å². The van der Waals surface area contributed by atoms with E-state index in [-0.39, 0.29) is 6.42 Å². The molecule has 1 N–H and O–H groups in total. The topological polar surface area (TPSA) is 46.5 Å². The Morgan fingerprint density at radius 3 is 2.50 bits per heavy atom. The average Bonchev–Trinajstić information content (AvgIpc) is 3.22. The molecule has 26 heavy (non-hydrogen) atoms. The Labute approximate surface area is 160 Å². The fourth-order valence-corrected chi connectivity index (χ4v) is 5.10. The van der Waals surface area contributed by atoms with Crippen LogP contribution in [0, 0.1) is 23.7 Å². The van der Waals surface area contributed by atoms with Crippen LogP contribution in [0.5, 0.6) is 0 Å². The minimum atomic E-state index is -0.686. The molecule has 0 heterocycles. The highest BCUT2D eigenvalue weighted by Crippen LogP contribution is 2.53. The van der Waals surface area contributed by atoms with Gasteiger partial charge >= 0.3 is 5.97 Å². The second-order valence-corrected chi connectivity index (χ2v) is 8.50. The summed E-state index contributed by atoms with van der Waals surface area (Å²) < 4.78 is 6.09. The van der Waals surface area contributed by atoms with E-state index < -0.39 is 5.97 Å². The van der Waals surface area contributed by atoms with Crippen LogP contribution >= 0.6 is 0 Å². The Hall–Kier alpha value is -0.830. The predicted molar refractivity (Wildman–Crippen MR) is 107 cm³/mol. The molecule has 2 bridgehead atoms. The van der Waals surface area contributed by atoms with E-state index in [4.69, 9.17) is 9.84 Å². The lowest BCUT2D eigenvalue weighted by molar-refractivity contribution is -0.137. The summed E-state index contributed by atoms with van der Waals surface area (Å²) in [7, 11) is 0. The maximum absolute atomic E-state index is 10.5. The van der Waals surface area contributed by atoms with Gasteiger partial charge in [-0.05, 0) is 68.6 Å². The molecule has 2 saturated carbocycles. The zero-order valence-electron chi connectivity index (χ0n) is 16.8. The normalized spacial score (nSPS) is 27.6. The predicted octanol–water partition coefficient (Wildman–Crippen LogP) is 6.23. The van der Waals surface area contributed by atoms with Gasteiger partial charge in [0.15, 0.2) is 0 Å². The molecule has 0 aromatic heterocycles. The summed E-state index contributed by atoms with van der Waals surface area (Å²) in [6.45, 7) is 4.17. The third kappa shape index (κ3) is 7.42. The van der Waals surface area contributed by atoms with Crippen LogP contribution in [0.1, 0.15) is 90.4 Å². The fourth-order valence-electron chi connectivity index (χ4n) is 5.10. The van der Waals surface area contributed by atoms with Gasteiger partial charge in [0.2, 0.25) is 0 Å². The van der Waals surface area contributed by atoms with Crippen molar-refractivity contribution in [2.24, 2.45) is 23.7 Å². The van der Waals surface area contributed by atoms with Gasteiger partial charge in [-0.2, -0.15) is 0 Å². The van der Waals surface area contributed by atoms with Gasteiger partial charge in [-0.15, -0.1) is 0 Å². The Bertz CT molecular complexity index is 418. The van der Waals surface area contributed by atoms with Crippen LogP contribution in [0.15, 0.2) is 12.2 Å².